The Bertz CT molecular complexity index is 1950. The number of fused-ring (bicyclic) bond motifs is 5. The van der Waals surface area contributed by atoms with Crippen molar-refractivity contribution in [1.82, 2.24) is 9.62 Å². The molecule has 1 N–H and O–H groups in total. The second kappa shape index (κ2) is 10.0. The summed E-state index contributed by atoms with van der Waals surface area (Å²) in [5.74, 6) is 1.07. The lowest BCUT2D eigenvalue weighted by atomic mass is 9.80. The summed E-state index contributed by atoms with van der Waals surface area (Å²) < 4.78 is 2.24. The molecular weight excluding hydrogens is 543 g/mol. The van der Waals surface area contributed by atoms with Crippen LogP contribution in [0.3, 0.4) is 0 Å². The molecule has 8 rings (SSSR count). The zero-order valence-electron chi connectivity index (χ0n) is 24.5. The van der Waals surface area contributed by atoms with E-state index in [2.05, 4.69) is 133 Å². The minimum absolute atomic E-state index is 0.0720. The van der Waals surface area contributed by atoms with Crippen LogP contribution >= 0.6 is 11.9 Å². The Labute approximate surface area is 258 Å². The molecule has 3 heterocycles. The standard InChI is InChI=1S/C39H33N3S/c1-25-32-9-4-5-10-37(32)43-42-24-31(13-16-38(42)41-25)28-8-6-7-27(21-28)30-12-15-34-33-14-11-29(26-17-19-40-20-18-26)22-35(33)39(2,3)36(34)23-30/h4-12,14-15,17-19,21-24,40H,1,13,16,20H2,2-3H3. The van der Waals surface area contributed by atoms with Crippen LogP contribution in [0.5, 0.6) is 0 Å². The molecule has 0 unspecified atom stereocenters. The fourth-order valence-corrected chi connectivity index (χ4v) is 7.86. The molecule has 43 heavy (non-hydrogen) atoms. The number of nitrogens with one attached hydrogen (secondary N) is 1. The normalized spacial score (nSPS) is 17.9. The van der Waals surface area contributed by atoms with Crippen molar-refractivity contribution in [3.8, 4) is 22.3 Å². The summed E-state index contributed by atoms with van der Waals surface area (Å²) in [7, 11) is 0. The molecule has 0 aromatic heterocycles. The van der Waals surface area contributed by atoms with Crippen LogP contribution in [0.2, 0.25) is 0 Å². The molecule has 4 heteroatoms. The van der Waals surface area contributed by atoms with E-state index < -0.39 is 0 Å². The Hall–Kier alpha value is -4.54. The van der Waals surface area contributed by atoms with Gasteiger partial charge in [0.15, 0.2) is 0 Å². The number of amidine groups is 1. The molecule has 1 aliphatic carbocycles. The first-order valence-electron chi connectivity index (χ1n) is 15.0. The Kier molecular flexibility index (Phi) is 6.09. The first-order valence-corrected chi connectivity index (χ1v) is 15.8. The van der Waals surface area contributed by atoms with Crippen molar-refractivity contribution >= 4 is 34.6 Å². The Balaban J connectivity index is 1.12. The van der Waals surface area contributed by atoms with Crippen LogP contribution in [0.4, 0.5) is 0 Å². The highest BCUT2D eigenvalue weighted by molar-refractivity contribution is 7.97. The molecule has 0 saturated carbocycles. The number of nitrogens with zero attached hydrogens (tertiary/aromatic N) is 2. The molecule has 4 aromatic carbocycles. The molecular formula is C39H33N3S. The molecule has 0 bridgehead atoms. The minimum atomic E-state index is -0.0720. The molecule has 0 amide bonds. The summed E-state index contributed by atoms with van der Waals surface area (Å²) in [6.07, 6.45) is 10.6. The van der Waals surface area contributed by atoms with Gasteiger partial charge in [-0.15, -0.1) is 0 Å². The van der Waals surface area contributed by atoms with Gasteiger partial charge in [-0.3, -0.25) is 4.31 Å². The Morgan fingerprint density at radius 3 is 2.35 bits per heavy atom. The lowest BCUT2D eigenvalue weighted by Crippen LogP contribution is -2.22. The highest BCUT2D eigenvalue weighted by Crippen LogP contribution is 2.50. The largest absolute Gasteiger partial charge is 0.387 e. The van der Waals surface area contributed by atoms with Gasteiger partial charge in [0.1, 0.15) is 5.84 Å². The van der Waals surface area contributed by atoms with Crippen LogP contribution in [0, 0.1) is 0 Å². The van der Waals surface area contributed by atoms with Gasteiger partial charge in [-0.25, -0.2) is 4.99 Å². The van der Waals surface area contributed by atoms with Gasteiger partial charge in [0, 0.05) is 35.0 Å². The van der Waals surface area contributed by atoms with Crippen molar-refractivity contribution < 1.29 is 0 Å². The maximum atomic E-state index is 4.90. The number of hydrogen-bond donors (Lipinski definition) is 1. The third kappa shape index (κ3) is 4.40. The van der Waals surface area contributed by atoms with E-state index in [0.717, 1.165) is 36.5 Å². The van der Waals surface area contributed by atoms with E-state index in [9.17, 15) is 0 Å². The van der Waals surface area contributed by atoms with Gasteiger partial charge in [-0.2, -0.15) is 0 Å². The summed E-state index contributed by atoms with van der Waals surface area (Å²) in [5.41, 5.74) is 15.1. The number of rotatable bonds is 3. The minimum Gasteiger partial charge on any atom is -0.387 e. The quantitative estimate of drug-likeness (QED) is 0.247. The second-order valence-electron chi connectivity index (χ2n) is 12.2. The Morgan fingerprint density at radius 2 is 1.53 bits per heavy atom. The first-order chi connectivity index (χ1) is 21.0. The molecule has 4 aromatic rings. The van der Waals surface area contributed by atoms with Crippen LogP contribution < -0.4 is 5.32 Å². The van der Waals surface area contributed by atoms with Gasteiger partial charge >= 0.3 is 0 Å². The van der Waals surface area contributed by atoms with Crippen LogP contribution in [-0.4, -0.2) is 16.7 Å². The van der Waals surface area contributed by atoms with Gasteiger partial charge < -0.3 is 5.32 Å². The smallest absolute Gasteiger partial charge is 0.119 e. The third-order valence-electron chi connectivity index (χ3n) is 9.20. The lowest BCUT2D eigenvalue weighted by Gasteiger charge is -2.26. The molecule has 4 aliphatic rings. The average Bonchev–Trinajstić information content (AvgIpc) is 3.17. The number of aliphatic imine (C=N–C) groups is 1. The third-order valence-corrected chi connectivity index (χ3v) is 10.3. The fourth-order valence-electron chi connectivity index (χ4n) is 6.81. The van der Waals surface area contributed by atoms with Crippen LogP contribution in [0.1, 0.15) is 54.5 Å². The van der Waals surface area contributed by atoms with Crippen molar-refractivity contribution in [2.45, 2.75) is 37.0 Å². The van der Waals surface area contributed by atoms with E-state index in [1.807, 2.05) is 6.20 Å². The number of benzene rings is 4. The molecule has 0 fully saturated rings. The summed E-state index contributed by atoms with van der Waals surface area (Å²) in [6.45, 7) is 9.86. The molecule has 3 aliphatic heterocycles. The number of dihydropyridines is 1. The first kappa shape index (κ1) is 26.1. The predicted octanol–water partition coefficient (Wildman–Crippen LogP) is 9.69. The van der Waals surface area contributed by atoms with E-state index in [-0.39, 0.29) is 5.41 Å². The number of allylic oxidation sites excluding steroid dienone is 3. The van der Waals surface area contributed by atoms with E-state index >= 15 is 0 Å². The lowest BCUT2D eigenvalue weighted by molar-refractivity contribution is 0.660. The molecule has 0 spiro atoms. The van der Waals surface area contributed by atoms with Crippen molar-refractivity contribution in [3.63, 3.8) is 0 Å². The van der Waals surface area contributed by atoms with Crippen LogP contribution in [0.25, 0.3) is 39.1 Å². The van der Waals surface area contributed by atoms with Gasteiger partial charge in [0.2, 0.25) is 0 Å². The average molecular weight is 576 g/mol. The van der Waals surface area contributed by atoms with E-state index in [1.54, 1.807) is 11.9 Å². The maximum Gasteiger partial charge on any atom is 0.119 e. The molecule has 210 valence electrons. The molecule has 3 nitrogen and oxygen atoms in total. The fraction of sp³-hybridized carbons (Fsp3) is 0.154. The topological polar surface area (TPSA) is 27.6 Å². The van der Waals surface area contributed by atoms with Crippen molar-refractivity contribution in [2.75, 3.05) is 6.54 Å². The Morgan fingerprint density at radius 1 is 0.791 bits per heavy atom. The summed E-state index contributed by atoms with van der Waals surface area (Å²) in [6, 6.07) is 31.5. The van der Waals surface area contributed by atoms with Gasteiger partial charge in [0.25, 0.3) is 0 Å². The summed E-state index contributed by atoms with van der Waals surface area (Å²) in [4.78, 5) is 6.09. The predicted molar refractivity (Wildman–Crippen MR) is 182 cm³/mol. The highest BCUT2D eigenvalue weighted by Gasteiger charge is 2.36. The zero-order chi connectivity index (χ0) is 29.1. The SMILES string of the molecule is C=C1N=C2CCC(c3cccc(-c4ccc5c(c4)C(C)(C)c4cc(C6=CCNC=C6)ccc4-5)c3)=CN2Sc2ccccc21. The van der Waals surface area contributed by atoms with Crippen molar-refractivity contribution in [2.24, 2.45) is 4.99 Å². The summed E-state index contributed by atoms with van der Waals surface area (Å²) >= 11 is 1.74. The van der Waals surface area contributed by atoms with Crippen molar-refractivity contribution in [1.29, 1.82) is 0 Å². The molecule has 0 radical (unpaired) electrons. The van der Waals surface area contributed by atoms with E-state index in [0.29, 0.717) is 0 Å². The van der Waals surface area contributed by atoms with Gasteiger partial charge in [0.05, 0.1) is 5.70 Å². The number of hydrogen-bond acceptors (Lipinski definition) is 4. The second-order valence-corrected chi connectivity index (χ2v) is 13.2. The zero-order valence-corrected chi connectivity index (χ0v) is 25.3. The maximum absolute atomic E-state index is 4.90. The van der Waals surface area contributed by atoms with Crippen LogP contribution in [-0.2, 0) is 5.41 Å². The van der Waals surface area contributed by atoms with Crippen LogP contribution in [0.15, 0.2) is 126 Å². The van der Waals surface area contributed by atoms with E-state index in [1.165, 1.54) is 60.5 Å². The summed E-state index contributed by atoms with van der Waals surface area (Å²) in [5, 5.41) is 3.26. The van der Waals surface area contributed by atoms with E-state index in [4.69, 9.17) is 4.99 Å². The van der Waals surface area contributed by atoms with Gasteiger partial charge in [-0.05, 0) is 111 Å². The molecule has 0 atom stereocenters. The monoisotopic (exact) mass is 575 g/mol. The molecule has 0 saturated heterocycles. The van der Waals surface area contributed by atoms with Gasteiger partial charge in [-0.1, -0.05) is 87.2 Å². The van der Waals surface area contributed by atoms with Crippen molar-refractivity contribution in [3.05, 3.63) is 144 Å². The highest BCUT2D eigenvalue weighted by atomic mass is 32.2.